The molecule has 0 aliphatic heterocycles. The highest BCUT2D eigenvalue weighted by molar-refractivity contribution is 7.84. The minimum absolute atomic E-state index is 0.156. The molecule has 0 heterocycles. The van der Waals surface area contributed by atoms with Crippen molar-refractivity contribution in [2.45, 2.75) is 24.3 Å². The smallest absolute Gasteiger partial charge is 0.223 e. The molecule has 1 fully saturated rings. The summed E-state index contributed by atoms with van der Waals surface area (Å²) in [6.07, 6.45) is 3.71. The number of hydrogen-bond donors (Lipinski definition) is 1. The maximum absolute atomic E-state index is 11.4. The van der Waals surface area contributed by atoms with Crippen molar-refractivity contribution in [2.24, 2.45) is 5.92 Å². The van der Waals surface area contributed by atoms with Crippen molar-refractivity contribution in [3.05, 3.63) is 29.8 Å². The molecule has 1 atom stereocenters. The molecule has 16 heavy (non-hydrogen) atoms. The van der Waals surface area contributed by atoms with Gasteiger partial charge in [-0.05, 0) is 30.5 Å². The van der Waals surface area contributed by atoms with E-state index in [4.69, 9.17) is 0 Å². The molecule has 1 aromatic rings. The summed E-state index contributed by atoms with van der Waals surface area (Å²) in [5.41, 5.74) is 1.04. The molecule has 0 bridgehead atoms. The Kier molecular flexibility index (Phi) is 3.39. The molecule has 0 radical (unpaired) electrons. The molecular weight excluding hydrogens is 222 g/mol. The second kappa shape index (κ2) is 4.78. The topological polar surface area (TPSA) is 46.2 Å². The summed E-state index contributed by atoms with van der Waals surface area (Å²) >= 11 is 0. The van der Waals surface area contributed by atoms with Crippen LogP contribution in [0.2, 0.25) is 0 Å². The highest BCUT2D eigenvalue weighted by Gasteiger charge is 2.29. The van der Waals surface area contributed by atoms with Crippen molar-refractivity contribution in [2.75, 3.05) is 6.26 Å². The lowest BCUT2D eigenvalue weighted by Gasteiger charge is -2.04. The molecule has 86 valence electrons. The van der Waals surface area contributed by atoms with Crippen LogP contribution in [0.5, 0.6) is 0 Å². The summed E-state index contributed by atoms with van der Waals surface area (Å²) < 4.78 is 11.2. The maximum Gasteiger partial charge on any atom is 0.223 e. The molecule has 4 heteroatoms. The average molecular weight is 237 g/mol. The van der Waals surface area contributed by atoms with Crippen LogP contribution in [0.15, 0.2) is 29.2 Å². The molecule has 1 unspecified atom stereocenters. The van der Waals surface area contributed by atoms with Gasteiger partial charge in [0.25, 0.3) is 0 Å². The lowest BCUT2D eigenvalue weighted by atomic mass is 10.2. The van der Waals surface area contributed by atoms with Crippen LogP contribution in [-0.4, -0.2) is 16.4 Å². The summed E-state index contributed by atoms with van der Waals surface area (Å²) in [6, 6.07) is 7.50. The van der Waals surface area contributed by atoms with E-state index in [1.807, 2.05) is 24.3 Å². The summed E-state index contributed by atoms with van der Waals surface area (Å²) in [7, 11) is -0.935. The van der Waals surface area contributed by atoms with Crippen LogP contribution < -0.4 is 5.32 Å². The third kappa shape index (κ3) is 2.92. The van der Waals surface area contributed by atoms with Gasteiger partial charge in [0.1, 0.15) is 0 Å². The number of carbonyl (C=O) groups excluding carboxylic acids is 1. The van der Waals surface area contributed by atoms with E-state index in [9.17, 15) is 9.00 Å². The lowest BCUT2D eigenvalue weighted by molar-refractivity contribution is -0.122. The van der Waals surface area contributed by atoms with Gasteiger partial charge in [0, 0.05) is 34.4 Å². The Labute approximate surface area is 97.7 Å². The Bertz CT molecular complexity index is 410. The number of rotatable bonds is 4. The third-order valence-corrected chi connectivity index (χ3v) is 3.61. The van der Waals surface area contributed by atoms with Gasteiger partial charge < -0.3 is 5.32 Å². The molecule has 1 saturated carbocycles. The van der Waals surface area contributed by atoms with E-state index in [0.29, 0.717) is 6.54 Å². The molecule has 1 amide bonds. The van der Waals surface area contributed by atoms with Gasteiger partial charge >= 0.3 is 0 Å². The van der Waals surface area contributed by atoms with Gasteiger partial charge in [-0.1, -0.05) is 12.1 Å². The van der Waals surface area contributed by atoms with E-state index in [2.05, 4.69) is 5.32 Å². The molecular formula is C12H15NO2S. The van der Waals surface area contributed by atoms with Crippen molar-refractivity contribution < 1.29 is 9.00 Å². The van der Waals surface area contributed by atoms with Crippen molar-refractivity contribution in [3.8, 4) is 0 Å². The lowest BCUT2D eigenvalue weighted by Crippen LogP contribution is -2.24. The standard InChI is InChI=1S/C12H15NO2S/c1-16(15)11-6-2-9(3-7-11)8-13-12(14)10-4-5-10/h2-3,6-7,10H,4-5,8H2,1H3,(H,13,14). The minimum atomic E-state index is -0.935. The van der Waals surface area contributed by atoms with E-state index in [1.54, 1.807) is 6.26 Å². The molecule has 3 nitrogen and oxygen atoms in total. The fourth-order valence-electron chi connectivity index (χ4n) is 1.48. The van der Waals surface area contributed by atoms with E-state index in [-0.39, 0.29) is 11.8 Å². The van der Waals surface area contributed by atoms with Crippen LogP contribution in [0.25, 0.3) is 0 Å². The number of amides is 1. The second-order valence-corrected chi connectivity index (χ2v) is 5.47. The Hall–Kier alpha value is -1.16. The van der Waals surface area contributed by atoms with Gasteiger partial charge in [-0.2, -0.15) is 0 Å². The van der Waals surface area contributed by atoms with E-state index in [1.165, 1.54) is 0 Å². The van der Waals surface area contributed by atoms with Gasteiger partial charge in [-0.15, -0.1) is 0 Å². The third-order valence-electron chi connectivity index (χ3n) is 2.67. The van der Waals surface area contributed by atoms with Gasteiger partial charge in [-0.25, -0.2) is 0 Å². The normalized spacial score (nSPS) is 16.8. The van der Waals surface area contributed by atoms with E-state index >= 15 is 0 Å². The Morgan fingerprint density at radius 1 is 1.38 bits per heavy atom. The molecule has 1 aromatic carbocycles. The van der Waals surface area contributed by atoms with Crippen LogP contribution in [0.3, 0.4) is 0 Å². The molecule has 2 rings (SSSR count). The monoisotopic (exact) mass is 237 g/mol. The number of hydrogen-bond acceptors (Lipinski definition) is 2. The summed E-state index contributed by atoms with van der Waals surface area (Å²) in [5, 5.41) is 2.89. The molecule has 1 aliphatic rings. The highest BCUT2D eigenvalue weighted by atomic mass is 32.2. The zero-order valence-electron chi connectivity index (χ0n) is 9.23. The first kappa shape index (κ1) is 11.3. The number of benzene rings is 1. The first-order valence-electron chi connectivity index (χ1n) is 5.37. The predicted molar refractivity (Wildman–Crippen MR) is 63.3 cm³/mol. The maximum atomic E-state index is 11.4. The number of nitrogens with one attached hydrogen (secondary N) is 1. The zero-order chi connectivity index (χ0) is 11.5. The molecule has 0 aromatic heterocycles. The first-order chi connectivity index (χ1) is 7.66. The Balaban J connectivity index is 1.89. The van der Waals surface area contributed by atoms with Crippen LogP contribution >= 0.6 is 0 Å². The second-order valence-electron chi connectivity index (χ2n) is 4.09. The average Bonchev–Trinajstić information content (AvgIpc) is 3.10. The summed E-state index contributed by atoms with van der Waals surface area (Å²) in [4.78, 5) is 12.2. The minimum Gasteiger partial charge on any atom is -0.352 e. The van der Waals surface area contributed by atoms with E-state index in [0.717, 1.165) is 23.3 Å². The SMILES string of the molecule is CS(=O)c1ccc(CNC(=O)C2CC2)cc1. The van der Waals surface area contributed by atoms with Crippen molar-refractivity contribution in [1.82, 2.24) is 5.32 Å². The van der Waals surface area contributed by atoms with Crippen molar-refractivity contribution >= 4 is 16.7 Å². The van der Waals surface area contributed by atoms with Crippen LogP contribution in [0.1, 0.15) is 18.4 Å². The van der Waals surface area contributed by atoms with Gasteiger partial charge in [-0.3, -0.25) is 9.00 Å². The predicted octanol–water partition coefficient (Wildman–Crippen LogP) is 1.45. The highest BCUT2D eigenvalue weighted by Crippen LogP contribution is 2.28. The largest absolute Gasteiger partial charge is 0.352 e. The van der Waals surface area contributed by atoms with Crippen LogP contribution in [0.4, 0.5) is 0 Å². The fraction of sp³-hybridized carbons (Fsp3) is 0.417. The van der Waals surface area contributed by atoms with E-state index < -0.39 is 10.8 Å². The van der Waals surface area contributed by atoms with Gasteiger partial charge in [0.05, 0.1) is 0 Å². The first-order valence-corrected chi connectivity index (χ1v) is 6.92. The summed E-state index contributed by atoms with van der Waals surface area (Å²) in [6.45, 7) is 0.561. The number of carbonyl (C=O) groups is 1. The van der Waals surface area contributed by atoms with Gasteiger partial charge in [0.2, 0.25) is 5.91 Å². The Morgan fingerprint density at radius 2 is 2.00 bits per heavy atom. The van der Waals surface area contributed by atoms with Crippen molar-refractivity contribution in [1.29, 1.82) is 0 Å². The van der Waals surface area contributed by atoms with Crippen LogP contribution in [0, 0.1) is 5.92 Å². The molecule has 0 saturated heterocycles. The zero-order valence-corrected chi connectivity index (χ0v) is 10.0. The van der Waals surface area contributed by atoms with Crippen molar-refractivity contribution in [3.63, 3.8) is 0 Å². The fourth-order valence-corrected chi connectivity index (χ4v) is 2.00. The Morgan fingerprint density at radius 3 is 2.50 bits per heavy atom. The molecule has 1 aliphatic carbocycles. The molecule has 1 N–H and O–H groups in total. The molecule has 0 spiro atoms. The van der Waals surface area contributed by atoms with Crippen LogP contribution in [-0.2, 0) is 22.1 Å². The van der Waals surface area contributed by atoms with Gasteiger partial charge in [0.15, 0.2) is 0 Å². The summed E-state index contributed by atoms with van der Waals surface area (Å²) in [5.74, 6) is 0.408. The quantitative estimate of drug-likeness (QED) is 0.861.